The van der Waals surface area contributed by atoms with Crippen LogP contribution in [0.1, 0.15) is 12.5 Å². The Morgan fingerprint density at radius 2 is 1.73 bits per heavy atom. The van der Waals surface area contributed by atoms with Crippen molar-refractivity contribution in [3.8, 4) is 11.5 Å². The maximum atomic E-state index is 12.7. The Hall–Kier alpha value is -2.39. The van der Waals surface area contributed by atoms with E-state index in [9.17, 15) is 14.4 Å². The monoisotopic (exact) mass is 529 g/mol. The van der Waals surface area contributed by atoms with Crippen LogP contribution in [0.3, 0.4) is 0 Å². The van der Waals surface area contributed by atoms with Crippen molar-refractivity contribution in [3.63, 3.8) is 0 Å². The van der Waals surface area contributed by atoms with Gasteiger partial charge in [0.1, 0.15) is 12.4 Å². The van der Waals surface area contributed by atoms with Gasteiger partial charge in [-0.1, -0.05) is 34.8 Å². The van der Waals surface area contributed by atoms with Gasteiger partial charge in [-0.2, -0.15) is 0 Å². The molecule has 3 rings (SSSR count). The third-order valence-electron chi connectivity index (χ3n) is 4.23. The molecule has 0 aromatic heterocycles. The fourth-order valence-corrected chi connectivity index (χ4v) is 4.37. The van der Waals surface area contributed by atoms with Crippen LogP contribution in [0.2, 0.25) is 15.1 Å². The molecule has 0 atom stereocenters. The van der Waals surface area contributed by atoms with Gasteiger partial charge >= 0.3 is 5.97 Å². The minimum Gasteiger partial charge on any atom is -0.492 e. The number of carbonyl (C=O) groups is 3. The van der Waals surface area contributed by atoms with Crippen LogP contribution < -0.4 is 9.47 Å². The van der Waals surface area contributed by atoms with Crippen LogP contribution in [0.4, 0.5) is 4.79 Å². The fraction of sp³-hybridized carbons (Fsp3) is 0.227. The number of thioether (sulfide) groups is 1. The van der Waals surface area contributed by atoms with Crippen molar-refractivity contribution in [2.24, 2.45) is 0 Å². The van der Waals surface area contributed by atoms with Gasteiger partial charge < -0.3 is 14.2 Å². The molecule has 1 heterocycles. The smallest absolute Gasteiger partial charge is 0.344 e. The Labute approximate surface area is 209 Å². The maximum absolute atomic E-state index is 12.7. The Balaban J connectivity index is 1.64. The third kappa shape index (κ3) is 6.80. The summed E-state index contributed by atoms with van der Waals surface area (Å²) in [6.07, 6.45) is 1.51. The molecule has 11 heteroatoms. The summed E-state index contributed by atoms with van der Waals surface area (Å²) in [5.74, 6) is -0.297. The molecule has 0 N–H and O–H groups in total. The third-order valence-corrected chi connectivity index (χ3v) is 5.95. The number of hydrogen-bond acceptors (Lipinski definition) is 7. The average molecular weight is 531 g/mol. The largest absolute Gasteiger partial charge is 0.492 e. The molecular formula is C22H18Cl3NO6S. The van der Waals surface area contributed by atoms with E-state index in [2.05, 4.69) is 0 Å². The van der Waals surface area contributed by atoms with E-state index in [-0.39, 0.29) is 47.1 Å². The molecule has 1 fully saturated rings. The molecule has 0 unspecified atom stereocenters. The van der Waals surface area contributed by atoms with E-state index in [1.165, 1.54) is 18.2 Å². The summed E-state index contributed by atoms with van der Waals surface area (Å²) in [6, 6.07) is 9.80. The molecule has 1 saturated heterocycles. The Morgan fingerprint density at radius 1 is 1.06 bits per heavy atom. The molecule has 2 aromatic rings. The van der Waals surface area contributed by atoms with E-state index in [1.54, 1.807) is 31.2 Å². The van der Waals surface area contributed by atoms with Crippen LogP contribution >= 0.6 is 46.6 Å². The van der Waals surface area contributed by atoms with E-state index in [0.717, 1.165) is 16.7 Å². The molecule has 0 aliphatic carbocycles. The van der Waals surface area contributed by atoms with Gasteiger partial charge in [0.05, 0.1) is 28.1 Å². The van der Waals surface area contributed by atoms with E-state index >= 15 is 0 Å². The molecule has 1 aliphatic rings. The number of esters is 1. The first-order valence-electron chi connectivity index (χ1n) is 9.69. The van der Waals surface area contributed by atoms with Crippen LogP contribution in [0.5, 0.6) is 11.5 Å². The fourth-order valence-electron chi connectivity index (χ4n) is 2.76. The van der Waals surface area contributed by atoms with E-state index in [4.69, 9.17) is 49.0 Å². The second-order valence-electron chi connectivity index (χ2n) is 6.54. The van der Waals surface area contributed by atoms with E-state index < -0.39 is 17.1 Å². The zero-order chi connectivity index (χ0) is 24.0. The minimum absolute atomic E-state index is 0.0901. The second-order valence-corrected chi connectivity index (χ2v) is 8.79. The average Bonchev–Trinajstić information content (AvgIpc) is 3.02. The summed E-state index contributed by atoms with van der Waals surface area (Å²) in [7, 11) is 0. The molecule has 33 heavy (non-hydrogen) atoms. The van der Waals surface area contributed by atoms with Gasteiger partial charge in [0, 0.05) is 5.02 Å². The molecule has 1 aliphatic heterocycles. The summed E-state index contributed by atoms with van der Waals surface area (Å²) in [4.78, 5) is 37.8. The first-order valence-corrected chi connectivity index (χ1v) is 11.6. The van der Waals surface area contributed by atoms with Gasteiger partial charge in [0.25, 0.3) is 11.1 Å². The number of rotatable bonds is 9. The molecule has 0 bridgehead atoms. The lowest BCUT2D eigenvalue weighted by atomic mass is 10.2. The van der Waals surface area contributed by atoms with Crippen molar-refractivity contribution in [2.75, 3.05) is 26.4 Å². The summed E-state index contributed by atoms with van der Waals surface area (Å²) >= 11 is 19.1. The Kier molecular flexibility index (Phi) is 8.91. The summed E-state index contributed by atoms with van der Waals surface area (Å²) < 4.78 is 15.7. The van der Waals surface area contributed by atoms with Crippen LogP contribution in [0, 0.1) is 0 Å². The number of ether oxygens (including phenoxy) is 3. The molecule has 0 spiro atoms. The zero-order valence-corrected chi connectivity index (χ0v) is 20.4. The lowest BCUT2D eigenvalue weighted by molar-refractivity contribution is -0.145. The van der Waals surface area contributed by atoms with E-state index in [1.807, 2.05) is 0 Å². The number of halogens is 3. The normalized spacial score (nSPS) is 14.7. The number of amides is 2. The number of nitrogens with zero attached hydrogens (tertiary/aromatic N) is 1. The van der Waals surface area contributed by atoms with Crippen molar-refractivity contribution in [1.82, 2.24) is 4.90 Å². The first-order chi connectivity index (χ1) is 15.8. The van der Waals surface area contributed by atoms with Crippen LogP contribution in [-0.4, -0.2) is 48.4 Å². The summed E-state index contributed by atoms with van der Waals surface area (Å²) in [5.41, 5.74) is 0.497. The molecule has 0 radical (unpaired) electrons. The second kappa shape index (κ2) is 11.7. The lowest BCUT2D eigenvalue weighted by Crippen LogP contribution is -2.32. The van der Waals surface area contributed by atoms with Gasteiger partial charge in [0.15, 0.2) is 12.4 Å². The highest BCUT2D eigenvalue weighted by atomic mass is 35.5. The Bertz CT molecular complexity index is 1070. The number of carbonyl (C=O) groups excluding carboxylic acids is 3. The molecule has 174 valence electrons. The van der Waals surface area contributed by atoms with Crippen LogP contribution in [0.25, 0.3) is 6.08 Å². The standard InChI is InChI=1S/C22H18Cl3NO6S/c1-2-30-19(27)12-32-20-16(24)9-13(10-17(20)25)11-18-21(28)26(22(29)33-18)7-8-31-15-5-3-14(23)4-6-15/h3-6,9-11H,2,7-8,12H2,1H3/b18-11-. The predicted molar refractivity (Wildman–Crippen MR) is 128 cm³/mol. The number of hydrogen-bond donors (Lipinski definition) is 0. The molecule has 0 saturated carbocycles. The topological polar surface area (TPSA) is 82.1 Å². The highest BCUT2D eigenvalue weighted by Gasteiger charge is 2.34. The SMILES string of the molecule is CCOC(=O)COc1c(Cl)cc(/C=C2\SC(=O)N(CCOc3ccc(Cl)cc3)C2=O)cc1Cl. The minimum atomic E-state index is -0.553. The quantitative estimate of drug-likeness (QED) is 0.304. The summed E-state index contributed by atoms with van der Waals surface area (Å²) in [5, 5.41) is 0.469. The first kappa shape index (κ1) is 25.2. The maximum Gasteiger partial charge on any atom is 0.344 e. The van der Waals surface area contributed by atoms with Crippen molar-refractivity contribution in [1.29, 1.82) is 0 Å². The van der Waals surface area contributed by atoms with Gasteiger partial charge in [-0.3, -0.25) is 14.5 Å². The molecule has 7 nitrogen and oxygen atoms in total. The molecule has 2 amide bonds. The zero-order valence-electron chi connectivity index (χ0n) is 17.3. The lowest BCUT2D eigenvalue weighted by Gasteiger charge is -2.13. The Morgan fingerprint density at radius 3 is 2.36 bits per heavy atom. The van der Waals surface area contributed by atoms with Crippen molar-refractivity contribution >= 4 is 69.8 Å². The number of imide groups is 1. The highest BCUT2D eigenvalue weighted by molar-refractivity contribution is 8.18. The highest BCUT2D eigenvalue weighted by Crippen LogP contribution is 2.37. The van der Waals surface area contributed by atoms with Crippen molar-refractivity contribution < 1.29 is 28.6 Å². The van der Waals surface area contributed by atoms with Crippen LogP contribution in [-0.2, 0) is 14.3 Å². The van der Waals surface area contributed by atoms with Gasteiger partial charge in [-0.25, -0.2) is 4.79 Å². The molecular weight excluding hydrogens is 513 g/mol. The van der Waals surface area contributed by atoms with Crippen LogP contribution in [0.15, 0.2) is 41.3 Å². The molecule has 2 aromatic carbocycles. The summed E-state index contributed by atoms with van der Waals surface area (Å²) in [6.45, 7) is 1.79. The predicted octanol–water partition coefficient (Wildman–Crippen LogP) is 5.70. The van der Waals surface area contributed by atoms with Crippen molar-refractivity contribution in [3.05, 3.63) is 61.9 Å². The van der Waals surface area contributed by atoms with Gasteiger partial charge in [-0.05, 0) is 66.7 Å². The number of benzene rings is 2. The van der Waals surface area contributed by atoms with Crippen molar-refractivity contribution in [2.45, 2.75) is 6.92 Å². The van der Waals surface area contributed by atoms with Gasteiger partial charge in [-0.15, -0.1) is 0 Å². The van der Waals surface area contributed by atoms with Gasteiger partial charge in [0.2, 0.25) is 0 Å². The van der Waals surface area contributed by atoms with E-state index in [0.29, 0.717) is 16.3 Å².